The number of carbonyl (C=O) groups excluding carboxylic acids is 2. The third kappa shape index (κ3) is 5.45. The smallest absolute Gasteiger partial charge is 0.744 e. The van der Waals surface area contributed by atoms with Gasteiger partial charge in [-0.1, -0.05) is 38.8 Å². The summed E-state index contributed by atoms with van der Waals surface area (Å²) in [5.74, 6) is -2.61. The summed E-state index contributed by atoms with van der Waals surface area (Å²) in [4.78, 5) is 23.5. The molecule has 7 heteroatoms. The van der Waals surface area contributed by atoms with Gasteiger partial charge < -0.3 is 4.55 Å². The van der Waals surface area contributed by atoms with E-state index in [-0.39, 0.29) is 41.3 Å². The Bertz CT molecular complexity index is 548. The number of hydrogen-bond acceptors (Lipinski definition) is 5. The number of ketones is 2. The molecule has 0 amide bonds. The minimum absolute atomic E-state index is 0. The van der Waals surface area contributed by atoms with Crippen LogP contribution in [0.15, 0.2) is 23.1 Å². The zero-order chi connectivity index (χ0) is 15.3. The number of carbonyl (C=O) groups is 2. The van der Waals surface area contributed by atoms with E-state index in [1.165, 1.54) is 12.2 Å². The van der Waals surface area contributed by atoms with Gasteiger partial charge in [-0.2, -0.15) is 0 Å². The van der Waals surface area contributed by atoms with Crippen molar-refractivity contribution in [2.75, 3.05) is 0 Å². The minimum atomic E-state index is -4.83. The Hall–Kier alpha value is -0.270. The standard InChI is InChI=1S/C14H20O5S.Na/c1-3-5-7-10(4-2)13(15)11-8-6-9-12(14(11)16)20(17,18)19;/h6,8-11H,3-5,7H2,1-2H3,(H,17,18,19);/q;+1/p-1. The second kappa shape index (κ2) is 9.00. The van der Waals surface area contributed by atoms with Crippen LogP contribution in [0.1, 0.15) is 39.5 Å². The first-order chi connectivity index (χ1) is 9.32. The first-order valence-electron chi connectivity index (χ1n) is 6.75. The third-order valence-electron chi connectivity index (χ3n) is 3.45. The second-order valence-electron chi connectivity index (χ2n) is 4.86. The zero-order valence-corrected chi connectivity index (χ0v) is 15.5. The SMILES string of the molecule is CCCCC(CC)C(=O)C1C=CC=C(S(=O)(=O)[O-])C1=O.[Na+]. The van der Waals surface area contributed by atoms with Crippen molar-refractivity contribution in [3.05, 3.63) is 23.1 Å². The molecule has 2 atom stereocenters. The molecule has 0 saturated heterocycles. The molecule has 5 nitrogen and oxygen atoms in total. The van der Waals surface area contributed by atoms with E-state index in [4.69, 9.17) is 0 Å². The fourth-order valence-electron chi connectivity index (χ4n) is 2.26. The predicted molar refractivity (Wildman–Crippen MR) is 73.7 cm³/mol. The Labute approximate surface area is 147 Å². The van der Waals surface area contributed by atoms with Crippen LogP contribution in [0.4, 0.5) is 0 Å². The molecule has 1 aliphatic rings. The van der Waals surface area contributed by atoms with Crippen LogP contribution < -0.4 is 29.6 Å². The van der Waals surface area contributed by atoms with Gasteiger partial charge in [0.2, 0.25) is 0 Å². The average Bonchev–Trinajstić information content (AvgIpc) is 2.38. The summed E-state index contributed by atoms with van der Waals surface area (Å²) in [6, 6.07) is 0. The molecule has 0 heterocycles. The van der Waals surface area contributed by atoms with Gasteiger partial charge in [-0.25, -0.2) is 8.42 Å². The Morgan fingerprint density at radius 2 is 2.00 bits per heavy atom. The van der Waals surface area contributed by atoms with Crippen LogP contribution in [-0.4, -0.2) is 24.5 Å². The maximum absolute atomic E-state index is 12.3. The molecule has 0 bridgehead atoms. The fourth-order valence-corrected chi connectivity index (χ4v) is 2.88. The number of rotatable bonds is 7. The monoisotopic (exact) mass is 322 g/mol. The minimum Gasteiger partial charge on any atom is -0.744 e. The molecule has 0 aromatic carbocycles. The van der Waals surface area contributed by atoms with Crippen LogP contribution in [0.3, 0.4) is 0 Å². The maximum atomic E-state index is 12.3. The van der Waals surface area contributed by atoms with Gasteiger partial charge in [0.25, 0.3) is 0 Å². The Morgan fingerprint density at radius 1 is 1.38 bits per heavy atom. The summed E-state index contributed by atoms with van der Waals surface area (Å²) >= 11 is 0. The van der Waals surface area contributed by atoms with Crippen LogP contribution in [0.5, 0.6) is 0 Å². The van der Waals surface area contributed by atoms with Crippen molar-refractivity contribution in [1.29, 1.82) is 0 Å². The van der Waals surface area contributed by atoms with Crippen LogP contribution in [0.25, 0.3) is 0 Å². The van der Waals surface area contributed by atoms with Crippen molar-refractivity contribution in [2.24, 2.45) is 11.8 Å². The molecule has 0 saturated carbocycles. The van der Waals surface area contributed by atoms with Crippen LogP contribution >= 0.6 is 0 Å². The van der Waals surface area contributed by atoms with Crippen molar-refractivity contribution < 1.29 is 52.1 Å². The zero-order valence-electron chi connectivity index (χ0n) is 12.7. The third-order valence-corrected chi connectivity index (χ3v) is 4.33. The number of unbranched alkanes of at least 4 members (excludes halogenated alkanes) is 1. The van der Waals surface area contributed by atoms with Gasteiger partial charge >= 0.3 is 29.6 Å². The molecule has 0 aromatic rings. The quantitative estimate of drug-likeness (QED) is 0.339. The fraction of sp³-hybridized carbons (Fsp3) is 0.571. The largest absolute Gasteiger partial charge is 1.00 e. The van der Waals surface area contributed by atoms with Gasteiger partial charge in [0.05, 0.1) is 4.91 Å². The Morgan fingerprint density at radius 3 is 2.48 bits per heavy atom. The van der Waals surface area contributed by atoms with Crippen molar-refractivity contribution in [2.45, 2.75) is 39.5 Å². The molecule has 1 rings (SSSR count). The van der Waals surface area contributed by atoms with Gasteiger partial charge in [0.15, 0.2) is 11.6 Å². The molecular formula is C14H19NaO5S. The molecule has 0 N–H and O–H groups in total. The van der Waals surface area contributed by atoms with Crippen molar-refractivity contribution in [1.82, 2.24) is 0 Å². The molecule has 0 fully saturated rings. The molecule has 0 aliphatic heterocycles. The number of allylic oxidation sites excluding steroid dienone is 4. The van der Waals surface area contributed by atoms with Crippen LogP contribution in [-0.2, 0) is 19.7 Å². The van der Waals surface area contributed by atoms with E-state index < -0.39 is 26.7 Å². The summed E-state index contributed by atoms with van der Waals surface area (Å²) < 4.78 is 33.0. The first-order valence-corrected chi connectivity index (χ1v) is 8.16. The molecule has 0 spiro atoms. The normalized spacial score (nSPS) is 19.7. The summed E-state index contributed by atoms with van der Waals surface area (Å²) in [5, 5.41) is 0. The van der Waals surface area contributed by atoms with E-state index in [0.29, 0.717) is 12.8 Å². The average molecular weight is 322 g/mol. The topological polar surface area (TPSA) is 91.3 Å². The van der Waals surface area contributed by atoms with E-state index in [2.05, 4.69) is 0 Å². The Balaban J connectivity index is 0.00000400. The molecule has 112 valence electrons. The summed E-state index contributed by atoms with van der Waals surface area (Å²) in [5.41, 5.74) is 0. The van der Waals surface area contributed by atoms with E-state index in [9.17, 15) is 22.6 Å². The van der Waals surface area contributed by atoms with E-state index >= 15 is 0 Å². The van der Waals surface area contributed by atoms with Gasteiger partial charge in [0.1, 0.15) is 16.0 Å². The number of Topliss-reactive ketones (excluding diaryl/α,β-unsaturated/α-hetero) is 2. The first kappa shape index (κ1) is 20.7. The van der Waals surface area contributed by atoms with E-state index in [0.717, 1.165) is 18.9 Å². The number of hydrogen-bond donors (Lipinski definition) is 0. The van der Waals surface area contributed by atoms with Gasteiger partial charge in [0, 0.05) is 5.92 Å². The summed E-state index contributed by atoms with van der Waals surface area (Å²) in [7, 11) is -4.83. The van der Waals surface area contributed by atoms with Gasteiger partial charge in [-0.15, -0.1) is 0 Å². The van der Waals surface area contributed by atoms with Crippen LogP contribution in [0.2, 0.25) is 0 Å². The van der Waals surface area contributed by atoms with Crippen molar-refractivity contribution >= 4 is 21.7 Å². The molecule has 0 radical (unpaired) electrons. The maximum Gasteiger partial charge on any atom is 1.00 e. The molecule has 2 unspecified atom stereocenters. The summed E-state index contributed by atoms with van der Waals surface area (Å²) in [6.45, 7) is 3.87. The molecule has 0 aromatic heterocycles. The molecular weight excluding hydrogens is 303 g/mol. The Kier molecular flexibility index (Phi) is 8.89. The van der Waals surface area contributed by atoms with Crippen LogP contribution in [0, 0.1) is 11.8 Å². The molecule has 1 aliphatic carbocycles. The second-order valence-corrected chi connectivity index (χ2v) is 6.21. The van der Waals surface area contributed by atoms with Crippen molar-refractivity contribution in [3.8, 4) is 0 Å². The predicted octanol–water partition coefficient (Wildman–Crippen LogP) is -1.04. The van der Waals surface area contributed by atoms with E-state index in [1.54, 1.807) is 0 Å². The van der Waals surface area contributed by atoms with Gasteiger partial charge in [-0.3, -0.25) is 9.59 Å². The summed E-state index contributed by atoms with van der Waals surface area (Å²) in [6.07, 6.45) is 6.71. The van der Waals surface area contributed by atoms with Gasteiger partial charge in [-0.05, 0) is 18.9 Å². The molecule has 21 heavy (non-hydrogen) atoms. The van der Waals surface area contributed by atoms with Crippen molar-refractivity contribution in [3.63, 3.8) is 0 Å². The van der Waals surface area contributed by atoms with E-state index in [1.807, 2.05) is 13.8 Å².